The van der Waals surface area contributed by atoms with E-state index in [0.717, 1.165) is 36.8 Å². The minimum absolute atomic E-state index is 0.0456. The predicted octanol–water partition coefficient (Wildman–Crippen LogP) is 8.22. The van der Waals surface area contributed by atoms with Crippen molar-refractivity contribution in [1.29, 1.82) is 0 Å². The molecule has 1 unspecified atom stereocenters. The maximum Gasteiger partial charge on any atom is 0.407 e. The van der Waals surface area contributed by atoms with E-state index >= 15 is 8.78 Å². The number of likely N-dealkylation sites (tertiary alicyclic amines) is 2. The maximum atomic E-state index is 16.6. The topological polar surface area (TPSA) is 175 Å². The number of carbonyl (C=O) groups excluding carboxylic acids is 4. The molecule has 4 N–H and O–H groups in total. The first-order valence-electron chi connectivity index (χ1n) is 21.7. The Morgan fingerprint density at radius 1 is 0.778 bits per heavy atom. The van der Waals surface area contributed by atoms with Crippen LogP contribution >= 0.6 is 0 Å². The van der Waals surface area contributed by atoms with Gasteiger partial charge in [0, 0.05) is 29.3 Å². The number of nitrogens with zero attached hydrogens (tertiary/aromatic N) is 4. The van der Waals surface area contributed by atoms with Crippen molar-refractivity contribution < 1.29 is 37.4 Å². The van der Waals surface area contributed by atoms with Crippen LogP contribution in [-0.4, -0.2) is 92.6 Å². The summed E-state index contributed by atoms with van der Waals surface area (Å²) >= 11 is 0. The van der Waals surface area contributed by atoms with Crippen molar-refractivity contribution in [3.8, 4) is 33.5 Å². The van der Waals surface area contributed by atoms with Crippen LogP contribution in [0.1, 0.15) is 94.7 Å². The number of H-pyrrole nitrogens is 2. The fourth-order valence-corrected chi connectivity index (χ4v) is 10.3. The van der Waals surface area contributed by atoms with Crippen LogP contribution in [0.3, 0.4) is 0 Å². The monoisotopic (exact) mass is 862 g/mol. The number of hydrogen-bond donors (Lipinski definition) is 4. The zero-order chi connectivity index (χ0) is 44.5. The van der Waals surface area contributed by atoms with Crippen molar-refractivity contribution in [2.24, 2.45) is 17.8 Å². The van der Waals surface area contributed by atoms with E-state index in [-0.39, 0.29) is 58.8 Å². The highest BCUT2D eigenvalue weighted by molar-refractivity contribution is 5.89. The second-order valence-electron chi connectivity index (χ2n) is 18.0. The summed E-state index contributed by atoms with van der Waals surface area (Å²) in [5.74, 6) is -2.59. The fraction of sp³-hybridized carbons (Fsp3) is 0.447. The Morgan fingerprint density at radius 2 is 1.40 bits per heavy atom. The van der Waals surface area contributed by atoms with Gasteiger partial charge in [-0.1, -0.05) is 58.0 Å². The van der Waals surface area contributed by atoms with Crippen molar-refractivity contribution in [3.05, 3.63) is 83.6 Å². The molecule has 330 valence electrons. The molecule has 6 atom stereocenters. The normalized spacial score (nSPS) is 21.7. The van der Waals surface area contributed by atoms with Gasteiger partial charge in [0.2, 0.25) is 11.8 Å². The van der Waals surface area contributed by atoms with Crippen LogP contribution in [0.15, 0.2) is 60.8 Å². The molecule has 0 radical (unpaired) electrons. The molecular formula is C47H52F2N8O6. The Kier molecular flexibility index (Phi) is 10.7. The number of carbonyl (C=O) groups is 4. The van der Waals surface area contributed by atoms with E-state index in [2.05, 4.69) is 25.6 Å². The summed E-state index contributed by atoms with van der Waals surface area (Å²) < 4.78 is 42.7. The van der Waals surface area contributed by atoms with Crippen LogP contribution in [0.2, 0.25) is 0 Å². The Balaban J connectivity index is 0.952. The van der Waals surface area contributed by atoms with E-state index in [4.69, 9.17) is 14.5 Å². The first-order chi connectivity index (χ1) is 30.2. The average Bonchev–Trinajstić information content (AvgIpc) is 4.15. The lowest BCUT2D eigenvalue weighted by Crippen LogP contribution is -2.54. The van der Waals surface area contributed by atoms with Gasteiger partial charge in [-0.05, 0) is 96.4 Å². The lowest BCUT2D eigenvalue weighted by atomic mass is 9.95. The number of methoxy groups -OCH3 is 2. The van der Waals surface area contributed by atoms with Gasteiger partial charge in [0.1, 0.15) is 23.7 Å². The maximum absolute atomic E-state index is 16.6. The number of benzene rings is 3. The van der Waals surface area contributed by atoms with E-state index in [1.165, 1.54) is 20.3 Å². The summed E-state index contributed by atoms with van der Waals surface area (Å²) in [6, 6.07) is 13.7. The van der Waals surface area contributed by atoms with Crippen molar-refractivity contribution in [3.63, 3.8) is 0 Å². The van der Waals surface area contributed by atoms with Crippen LogP contribution in [-0.2, 0) is 25.0 Å². The average molecular weight is 863 g/mol. The molecule has 9 rings (SSSR count). The molecular weight excluding hydrogens is 811 g/mol. The van der Waals surface area contributed by atoms with Gasteiger partial charge in [0.05, 0.1) is 49.2 Å². The summed E-state index contributed by atoms with van der Waals surface area (Å²) in [4.78, 5) is 71.8. The lowest BCUT2D eigenvalue weighted by molar-refractivity contribution is -0.139. The summed E-state index contributed by atoms with van der Waals surface area (Å²) in [6.45, 7) is 7.98. The second kappa shape index (κ2) is 16.1. The molecule has 16 heteroatoms. The van der Waals surface area contributed by atoms with Gasteiger partial charge in [0.15, 0.2) is 0 Å². The smallest absolute Gasteiger partial charge is 0.407 e. The van der Waals surface area contributed by atoms with Crippen LogP contribution in [0.5, 0.6) is 0 Å². The minimum atomic E-state index is -3.29. The molecule has 2 saturated heterocycles. The van der Waals surface area contributed by atoms with Crippen LogP contribution in [0.25, 0.3) is 44.5 Å². The summed E-state index contributed by atoms with van der Waals surface area (Å²) in [5.41, 5.74) is 4.62. The van der Waals surface area contributed by atoms with E-state index in [1.54, 1.807) is 35.4 Å². The number of imidazole rings is 2. The molecule has 14 nitrogen and oxygen atoms in total. The molecule has 2 aliphatic carbocycles. The molecule has 3 aromatic carbocycles. The van der Waals surface area contributed by atoms with Crippen molar-refractivity contribution >= 4 is 35.0 Å². The molecule has 3 fully saturated rings. The standard InChI is InChI=1S/C47H52F2N8O6/c1-23(2)38(54-45(60)62-5)43(58)56-17-7-8-37(56)41-50-22-36(53-41)27-11-15-31-30-14-10-25(19-32(30)47(48,49)33(31)20-27)26-12-16-34-35(21-26)52-42(51-34)40-28-9-13-29(18-28)57(40)44(59)39(24(3)4)55-46(61)63-6/h10-12,14-16,19-24,28-29,37-40H,7-9,13,17-18H2,1-6H3,(H,50,53)(H,51,52)(H,54,60)(H,55,61)/t28-,29-,37?,38+,39+,40+/m1/s1. The van der Waals surface area contributed by atoms with Gasteiger partial charge in [-0.15, -0.1) is 0 Å². The first-order valence-corrected chi connectivity index (χ1v) is 21.7. The number of alkyl halides is 2. The van der Waals surface area contributed by atoms with E-state index in [0.29, 0.717) is 58.1 Å². The lowest BCUT2D eigenvalue weighted by Gasteiger charge is -2.37. The number of aromatic amines is 2. The zero-order valence-corrected chi connectivity index (χ0v) is 36.1. The third-order valence-corrected chi connectivity index (χ3v) is 13.5. The quantitative estimate of drug-likeness (QED) is 0.109. The number of fused-ring (bicyclic) bond motifs is 6. The molecule has 0 spiro atoms. The molecule has 2 aliphatic heterocycles. The Morgan fingerprint density at radius 3 is 2.06 bits per heavy atom. The summed E-state index contributed by atoms with van der Waals surface area (Å²) in [5, 5.41) is 5.38. The molecule has 1 saturated carbocycles. The van der Waals surface area contributed by atoms with Gasteiger partial charge in [-0.2, -0.15) is 8.78 Å². The third-order valence-electron chi connectivity index (χ3n) is 13.5. The van der Waals surface area contributed by atoms with Gasteiger partial charge in [-0.25, -0.2) is 19.6 Å². The van der Waals surface area contributed by atoms with Crippen molar-refractivity contribution in [2.75, 3.05) is 20.8 Å². The second-order valence-corrected chi connectivity index (χ2v) is 18.0. The minimum Gasteiger partial charge on any atom is -0.453 e. The molecule has 4 aliphatic rings. The number of alkyl carbamates (subject to hydrolysis) is 2. The largest absolute Gasteiger partial charge is 0.453 e. The molecule has 4 amide bonds. The van der Waals surface area contributed by atoms with Gasteiger partial charge >= 0.3 is 12.2 Å². The number of halogens is 2. The van der Waals surface area contributed by atoms with E-state index < -0.39 is 30.2 Å². The van der Waals surface area contributed by atoms with Crippen LogP contribution in [0.4, 0.5) is 18.4 Å². The molecule has 2 aromatic heterocycles. The predicted molar refractivity (Wildman–Crippen MR) is 230 cm³/mol. The van der Waals surface area contributed by atoms with E-state index in [1.807, 2.05) is 56.9 Å². The van der Waals surface area contributed by atoms with Gasteiger partial charge in [0.25, 0.3) is 5.92 Å². The number of aromatic nitrogens is 4. The van der Waals surface area contributed by atoms with E-state index in [9.17, 15) is 19.2 Å². The molecule has 4 heterocycles. The van der Waals surface area contributed by atoms with Crippen molar-refractivity contribution in [1.82, 2.24) is 40.4 Å². The summed E-state index contributed by atoms with van der Waals surface area (Å²) in [7, 11) is 2.53. The number of amides is 4. The Labute approximate surface area is 363 Å². The van der Waals surface area contributed by atoms with Crippen LogP contribution in [0, 0.1) is 17.8 Å². The molecule has 5 aromatic rings. The van der Waals surface area contributed by atoms with Crippen molar-refractivity contribution in [2.45, 2.75) is 95.9 Å². The van der Waals surface area contributed by atoms with Gasteiger partial charge < -0.3 is 39.9 Å². The van der Waals surface area contributed by atoms with Gasteiger partial charge in [-0.3, -0.25) is 9.59 Å². The first kappa shape index (κ1) is 42.0. The summed E-state index contributed by atoms with van der Waals surface area (Å²) in [6.07, 6.45) is 4.39. The highest BCUT2D eigenvalue weighted by Crippen LogP contribution is 2.53. The highest BCUT2D eigenvalue weighted by Gasteiger charge is 2.52. The SMILES string of the molecule is COC(=O)N[C@H](C(=O)N1CCCC1c1ncc(-c2ccc3c(c2)C(F)(F)c2cc(-c4ccc5nc([C@@H]6[C@@H]7CC[C@H](C7)N6C(=O)[C@@H](NC(=O)OC)C(C)C)[nH]c5c4)ccc2-3)[nH]1)C(C)C. The third kappa shape index (κ3) is 7.26. The number of hydrogen-bond acceptors (Lipinski definition) is 8. The Hall–Kier alpha value is -6.32. The van der Waals surface area contributed by atoms with Crippen LogP contribution < -0.4 is 10.6 Å². The number of rotatable bonds is 10. The number of nitrogens with one attached hydrogen (secondary N) is 4. The zero-order valence-electron chi connectivity index (χ0n) is 36.1. The number of ether oxygens (including phenoxy) is 2. The highest BCUT2D eigenvalue weighted by atomic mass is 19.3. The molecule has 2 bridgehead atoms. The fourth-order valence-electron chi connectivity index (χ4n) is 10.3. The Bertz CT molecular complexity index is 2620. The molecule has 63 heavy (non-hydrogen) atoms. The number of piperidine rings is 1.